The fourth-order valence-electron chi connectivity index (χ4n) is 1.79. The van der Waals surface area contributed by atoms with E-state index in [9.17, 15) is 8.78 Å². The number of halogens is 2. The molecule has 0 unspecified atom stereocenters. The molecule has 100 valence electrons. The van der Waals surface area contributed by atoms with Crippen molar-refractivity contribution in [2.75, 3.05) is 51.0 Å². The molecule has 1 aromatic heterocycles. The molecule has 0 aliphatic carbocycles. The SMILES string of the molecule is CNc1nc(NN2CCN(C)CC2)c(F)cc1F. The van der Waals surface area contributed by atoms with Crippen molar-refractivity contribution in [3.8, 4) is 0 Å². The van der Waals surface area contributed by atoms with Crippen LogP contribution < -0.4 is 10.7 Å². The summed E-state index contributed by atoms with van der Waals surface area (Å²) in [6, 6.07) is 0.831. The van der Waals surface area contributed by atoms with Crippen molar-refractivity contribution in [3.05, 3.63) is 17.7 Å². The lowest BCUT2D eigenvalue weighted by molar-refractivity contribution is 0.178. The standard InChI is InChI=1S/C11H17F2N5/c1-14-10-8(12)7-9(13)11(15-10)16-18-5-3-17(2)4-6-18/h7H,3-6H2,1-2H3,(H2,14,15,16). The normalized spacial score (nSPS) is 17.8. The minimum atomic E-state index is -0.695. The van der Waals surface area contributed by atoms with Gasteiger partial charge >= 0.3 is 0 Å². The highest BCUT2D eigenvalue weighted by atomic mass is 19.1. The van der Waals surface area contributed by atoms with Gasteiger partial charge in [0.2, 0.25) is 0 Å². The average Bonchev–Trinajstić information content (AvgIpc) is 2.35. The lowest BCUT2D eigenvalue weighted by Crippen LogP contribution is -2.47. The number of likely N-dealkylation sites (N-methyl/N-ethyl adjacent to an activating group) is 1. The monoisotopic (exact) mass is 257 g/mol. The Morgan fingerprint density at radius 3 is 2.33 bits per heavy atom. The first-order valence-electron chi connectivity index (χ1n) is 5.84. The van der Waals surface area contributed by atoms with Crippen LogP contribution in [-0.2, 0) is 0 Å². The third-order valence-corrected chi connectivity index (χ3v) is 2.93. The van der Waals surface area contributed by atoms with Gasteiger partial charge < -0.3 is 15.6 Å². The summed E-state index contributed by atoms with van der Waals surface area (Å²) >= 11 is 0. The maximum absolute atomic E-state index is 13.6. The molecule has 18 heavy (non-hydrogen) atoms. The number of pyridine rings is 1. The minimum absolute atomic E-state index is 0.0352. The second-order valence-corrected chi connectivity index (χ2v) is 4.30. The molecule has 7 heteroatoms. The number of hydrogen-bond donors (Lipinski definition) is 2. The third-order valence-electron chi connectivity index (χ3n) is 2.93. The molecule has 2 heterocycles. The first-order chi connectivity index (χ1) is 8.60. The molecule has 0 atom stereocenters. The number of hydrazine groups is 1. The molecule has 0 spiro atoms. The van der Waals surface area contributed by atoms with Crippen molar-refractivity contribution in [3.63, 3.8) is 0 Å². The first-order valence-corrected chi connectivity index (χ1v) is 5.84. The second-order valence-electron chi connectivity index (χ2n) is 4.30. The van der Waals surface area contributed by atoms with Crippen LogP contribution in [0.25, 0.3) is 0 Å². The summed E-state index contributed by atoms with van der Waals surface area (Å²) in [6.45, 7) is 3.33. The van der Waals surface area contributed by atoms with E-state index < -0.39 is 11.6 Å². The molecular formula is C11H17F2N5. The Kier molecular flexibility index (Phi) is 3.93. The number of hydrogen-bond acceptors (Lipinski definition) is 5. The van der Waals surface area contributed by atoms with E-state index in [4.69, 9.17) is 0 Å². The summed E-state index contributed by atoms with van der Waals surface area (Å²) in [6.07, 6.45) is 0. The van der Waals surface area contributed by atoms with Crippen molar-refractivity contribution < 1.29 is 8.78 Å². The molecule has 0 aromatic carbocycles. The molecule has 2 rings (SSSR count). The predicted molar refractivity (Wildman–Crippen MR) is 66.4 cm³/mol. The number of aromatic nitrogens is 1. The Labute approximate surface area is 105 Å². The summed E-state index contributed by atoms with van der Waals surface area (Å²) in [5, 5.41) is 4.47. The molecule has 5 nitrogen and oxygen atoms in total. The quantitative estimate of drug-likeness (QED) is 0.845. The Hall–Kier alpha value is -1.47. The minimum Gasteiger partial charge on any atom is -0.371 e. The van der Waals surface area contributed by atoms with Crippen molar-refractivity contribution in [1.82, 2.24) is 14.9 Å². The van der Waals surface area contributed by atoms with Crippen molar-refractivity contribution >= 4 is 11.6 Å². The lowest BCUT2D eigenvalue weighted by Gasteiger charge is -2.32. The highest BCUT2D eigenvalue weighted by Gasteiger charge is 2.17. The van der Waals surface area contributed by atoms with Gasteiger partial charge in [-0.3, -0.25) is 0 Å². The molecule has 2 N–H and O–H groups in total. The van der Waals surface area contributed by atoms with Crippen molar-refractivity contribution in [2.24, 2.45) is 0 Å². The lowest BCUT2D eigenvalue weighted by atomic mass is 10.4. The highest BCUT2D eigenvalue weighted by molar-refractivity contribution is 5.46. The van der Waals surface area contributed by atoms with Crippen molar-refractivity contribution in [1.29, 1.82) is 0 Å². The number of anilines is 2. The number of rotatable bonds is 3. The van der Waals surface area contributed by atoms with E-state index in [1.807, 2.05) is 12.1 Å². The molecule has 1 aliphatic heterocycles. The summed E-state index contributed by atoms with van der Waals surface area (Å²) in [7, 11) is 3.58. The van der Waals surface area contributed by atoms with Gasteiger partial charge in [-0.05, 0) is 7.05 Å². The van der Waals surface area contributed by atoms with E-state index in [-0.39, 0.29) is 11.6 Å². The van der Waals surface area contributed by atoms with Crippen LogP contribution in [0.2, 0.25) is 0 Å². The van der Waals surface area contributed by atoms with Gasteiger partial charge in [0.25, 0.3) is 0 Å². The molecule has 1 fully saturated rings. The van der Waals surface area contributed by atoms with Gasteiger partial charge in [0.15, 0.2) is 23.3 Å². The molecule has 0 saturated carbocycles. The van der Waals surface area contributed by atoms with Crippen LogP contribution in [0.4, 0.5) is 20.4 Å². The zero-order chi connectivity index (χ0) is 13.1. The van der Waals surface area contributed by atoms with E-state index in [1.165, 1.54) is 0 Å². The Morgan fingerprint density at radius 2 is 1.72 bits per heavy atom. The zero-order valence-electron chi connectivity index (χ0n) is 10.5. The maximum Gasteiger partial charge on any atom is 0.179 e. The molecule has 1 aromatic rings. The van der Waals surface area contributed by atoms with Crippen LogP contribution in [-0.4, -0.2) is 55.2 Å². The van der Waals surface area contributed by atoms with Gasteiger partial charge in [-0.1, -0.05) is 0 Å². The summed E-state index contributed by atoms with van der Waals surface area (Å²) < 4.78 is 26.8. The summed E-state index contributed by atoms with van der Waals surface area (Å²) in [4.78, 5) is 6.06. The molecule has 1 aliphatic rings. The van der Waals surface area contributed by atoms with Crippen molar-refractivity contribution in [2.45, 2.75) is 0 Å². The van der Waals surface area contributed by atoms with Gasteiger partial charge in [-0.15, -0.1) is 0 Å². The van der Waals surface area contributed by atoms with Gasteiger partial charge in [0, 0.05) is 39.3 Å². The second kappa shape index (κ2) is 5.45. The molecule has 0 amide bonds. The number of piperazine rings is 1. The third kappa shape index (κ3) is 2.85. The maximum atomic E-state index is 13.6. The molecule has 0 radical (unpaired) electrons. The van der Waals surface area contributed by atoms with Crippen LogP contribution >= 0.6 is 0 Å². The van der Waals surface area contributed by atoms with Crippen LogP contribution in [0.15, 0.2) is 6.07 Å². The molecular weight excluding hydrogens is 240 g/mol. The Morgan fingerprint density at radius 1 is 1.11 bits per heavy atom. The smallest absolute Gasteiger partial charge is 0.179 e. The van der Waals surface area contributed by atoms with E-state index in [0.29, 0.717) is 0 Å². The number of nitrogens with zero attached hydrogens (tertiary/aromatic N) is 3. The first kappa shape index (κ1) is 13.0. The van der Waals surface area contributed by atoms with Crippen LogP contribution in [0.5, 0.6) is 0 Å². The predicted octanol–water partition coefficient (Wildman–Crippen LogP) is 0.976. The van der Waals surface area contributed by atoms with Crippen LogP contribution in [0.1, 0.15) is 0 Å². The fourth-order valence-corrected chi connectivity index (χ4v) is 1.79. The van der Waals surface area contributed by atoms with Gasteiger partial charge in [-0.25, -0.2) is 18.8 Å². The van der Waals surface area contributed by atoms with E-state index in [1.54, 1.807) is 7.05 Å². The number of nitrogens with one attached hydrogen (secondary N) is 2. The largest absolute Gasteiger partial charge is 0.371 e. The van der Waals surface area contributed by atoms with E-state index in [0.717, 1.165) is 32.2 Å². The van der Waals surface area contributed by atoms with Crippen LogP contribution in [0.3, 0.4) is 0 Å². The fraction of sp³-hybridized carbons (Fsp3) is 0.545. The van der Waals surface area contributed by atoms with Crippen LogP contribution in [0, 0.1) is 11.6 Å². The van der Waals surface area contributed by atoms with Gasteiger partial charge in [-0.2, -0.15) is 0 Å². The Bertz CT molecular complexity index is 418. The van der Waals surface area contributed by atoms with Gasteiger partial charge in [0.05, 0.1) is 0 Å². The molecule has 0 bridgehead atoms. The highest BCUT2D eigenvalue weighted by Crippen LogP contribution is 2.19. The average molecular weight is 257 g/mol. The van der Waals surface area contributed by atoms with Gasteiger partial charge in [0.1, 0.15) is 0 Å². The van der Waals surface area contributed by atoms with E-state index in [2.05, 4.69) is 20.6 Å². The van der Waals surface area contributed by atoms with E-state index >= 15 is 0 Å². The topological polar surface area (TPSA) is 43.4 Å². The zero-order valence-corrected chi connectivity index (χ0v) is 10.5. The molecule has 1 saturated heterocycles. The Balaban J connectivity index is 2.09. The summed E-state index contributed by atoms with van der Waals surface area (Å²) in [5.41, 5.74) is 2.89. The summed E-state index contributed by atoms with van der Waals surface area (Å²) in [5.74, 6) is -1.30.